The number of carbonyl (C=O) groups is 1. The molecule has 2 amide bonds. The Morgan fingerprint density at radius 3 is 2.83 bits per heavy atom. The molecular formula is C21H31N5O2S2. The Bertz CT molecular complexity index is 797. The van der Waals surface area contributed by atoms with Crippen molar-refractivity contribution in [1.29, 1.82) is 0 Å². The SMILES string of the molecule is O=C(NCCN1CCCC1)Nc1ncc(SCc2ncc(CC3CCCCC3)o2)s1. The zero-order chi connectivity index (χ0) is 20.6. The second-order valence-corrected chi connectivity index (χ2v) is 10.4. The van der Waals surface area contributed by atoms with E-state index in [-0.39, 0.29) is 6.03 Å². The molecule has 1 saturated heterocycles. The van der Waals surface area contributed by atoms with Crippen LogP contribution in [0.3, 0.4) is 0 Å². The first-order valence-electron chi connectivity index (χ1n) is 11.0. The van der Waals surface area contributed by atoms with Crippen molar-refractivity contribution in [2.24, 2.45) is 5.92 Å². The molecule has 1 saturated carbocycles. The lowest BCUT2D eigenvalue weighted by atomic mass is 9.86. The summed E-state index contributed by atoms with van der Waals surface area (Å²) < 4.78 is 6.97. The van der Waals surface area contributed by atoms with Gasteiger partial charge in [0, 0.05) is 19.5 Å². The van der Waals surface area contributed by atoms with Gasteiger partial charge >= 0.3 is 6.03 Å². The minimum atomic E-state index is -0.194. The van der Waals surface area contributed by atoms with Crippen molar-refractivity contribution in [2.45, 2.75) is 61.3 Å². The van der Waals surface area contributed by atoms with Gasteiger partial charge in [-0.15, -0.1) is 11.8 Å². The van der Waals surface area contributed by atoms with Crippen LogP contribution in [0.1, 0.15) is 56.6 Å². The molecule has 0 bridgehead atoms. The summed E-state index contributed by atoms with van der Waals surface area (Å²) in [5.41, 5.74) is 0. The van der Waals surface area contributed by atoms with Crippen LogP contribution in [0.25, 0.3) is 0 Å². The summed E-state index contributed by atoms with van der Waals surface area (Å²) in [6.07, 6.45) is 13.9. The predicted octanol–water partition coefficient (Wildman–Crippen LogP) is 4.76. The van der Waals surface area contributed by atoms with Gasteiger partial charge in [-0.2, -0.15) is 0 Å². The molecule has 2 aromatic heterocycles. The zero-order valence-electron chi connectivity index (χ0n) is 17.4. The summed E-state index contributed by atoms with van der Waals surface area (Å²) in [6.45, 7) is 3.85. The van der Waals surface area contributed by atoms with Crippen molar-refractivity contribution < 1.29 is 9.21 Å². The summed E-state index contributed by atoms with van der Waals surface area (Å²) in [6, 6.07) is -0.194. The second-order valence-electron chi connectivity index (χ2n) is 8.13. The van der Waals surface area contributed by atoms with Gasteiger partial charge in [-0.05, 0) is 31.8 Å². The normalized spacial score (nSPS) is 18.0. The smallest absolute Gasteiger partial charge is 0.321 e. The molecule has 0 atom stereocenters. The number of thiazole rings is 1. The molecule has 2 aromatic rings. The minimum absolute atomic E-state index is 0.194. The average molecular weight is 450 g/mol. The Balaban J connectivity index is 1.16. The lowest BCUT2D eigenvalue weighted by Crippen LogP contribution is -2.35. The fourth-order valence-electron chi connectivity index (χ4n) is 4.18. The summed E-state index contributed by atoms with van der Waals surface area (Å²) in [5.74, 6) is 3.20. The zero-order valence-corrected chi connectivity index (χ0v) is 19.0. The van der Waals surface area contributed by atoms with Gasteiger partial charge in [-0.25, -0.2) is 14.8 Å². The van der Waals surface area contributed by atoms with Crippen LogP contribution in [0.4, 0.5) is 9.93 Å². The molecule has 2 aliphatic rings. The van der Waals surface area contributed by atoms with Crippen LogP contribution in [0.5, 0.6) is 0 Å². The summed E-state index contributed by atoms with van der Waals surface area (Å²) >= 11 is 3.11. The van der Waals surface area contributed by atoms with E-state index < -0.39 is 0 Å². The van der Waals surface area contributed by atoms with Crippen LogP contribution in [0.15, 0.2) is 21.0 Å². The predicted molar refractivity (Wildman–Crippen MR) is 121 cm³/mol. The van der Waals surface area contributed by atoms with Gasteiger partial charge in [0.05, 0.1) is 22.4 Å². The molecule has 2 fully saturated rings. The Morgan fingerprint density at radius 1 is 1.17 bits per heavy atom. The Morgan fingerprint density at radius 2 is 2.00 bits per heavy atom. The number of anilines is 1. The number of rotatable bonds is 9. The molecule has 3 heterocycles. The number of oxazole rings is 1. The van der Waals surface area contributed by atoms with Gasteiger partial charge in [0.15, 0.2) is 5.13 Å². The maximum atomic E-state index is 12.0. The van der Waals surface area contributed by atoms with Gasteiger partial charge in [0.1, 0.15) is 5.76 Å². The molecule has 4 rings (SSSR count). The number of nitrogens with zero attached hydrogens (tertiary/aromatic N) is 3. The van der Waals surface area contributed by atoms with E-state index in [0.29, 0.717) is 17.4 Å². The van der Waals surface area contributed by atoms with Gasteiger partial charge in [-0.1, -0.05) is 43.4 Å². The largest absolute Gasteiger partial charge is 0.445 e. The summed E-state index contributed by atoms with van der Waals surface area (Å²) in [7, 11) is 0. The van der Waals surface area contributed by atoms with Crippen LogP contribution in [-0.4, -0.2) is 47.1 Å². The van der Waals surface area contributed by atoms with Gasteiger partial charge in [0.25, 0.3) is 0 Å². The highest BCUT2D eigenvalue weighted by molar-refractivity contribution is 8.00. The summed E-state index contributed by atoms with van der Waals surface area (Å²) in [5, 5.41) is 6.34. The summed E-state index contributed by atoms with van der Waals surface area (Å²) in [4.78, 5) is 23.1. The molecule has 30 heavy (non-hydrogen) atoms. The van der Waals surface area contributed by atoms with Crippen molar-refractivity contribution in [1.82, 2.24) is 20.2 Å². The third kappa shape index (κ3) is 6.72. The van der Waals surface area contributed by atoms with Crippen LogP contribution < -0.4 is 10.6 Å². The molecule has 9 heteroatoms. The number of carbonyl (C=O) groups excluding carboxylic acids is 1. The maximum absolute atomic E-state index is 12.0. The van der Waals surface area contributed by atoms with Crippen molar-refractivity contribution in [3.05, 3.63) is 24.0 Å². The number of amides is 2. The Hall–Kier alpha value is -1.58. The molecule has 7 nitrogen and oxygen atoms in total. The average Bonchev–Trinajstić information content (AvgIpc) is 3.50. The lowest BCUT2D eigenvalue weighted by Gasteiger charge is -2.19. The first-order chi connectivity index (χ1) is 14.7. The van der Waals surface area contributed by atoms with Gasteiger partial charge in [0.2, 0.25) is 5.89 Å². The van der Waals surface area contributed by atoms with Gasteiger partial charge < -0.3 is 14.6 Å². The number of urea groups is 1. The highest BCUT2D eigenvalue weighted by Gasteiger charge is 2.17. The number of hydrogen-bond acceptors (Lipinski definition) is 7. The molecule has 1 aliphatic heterocycles. The van der Waals surface area contributed by atoms with Crippen molar-refractivity contribution >= 4 is 34.3 Å². The number of aromatic nitrogens is 2. The van der Waals surface area contributed by atoms with E-state index in [9.17, 15) is 4.79 Å². The van der Waals surface area contributed by atoms with Crippen molar-refractivity contribution in [2.75, 3.05) is 31.5 Å². The van der Waals surface area contributed by atoms with E-state index >= 15 is 0 Å². The number of nitrogens with one attached hydrogen (secondary N) is 2. The van der Waals surface area contributed by atoms with Gasteiger partial charge in [-0.3, -0.25) is 5.32 Å². The van der Waals surface area contributed by atoms with E-state index in [1.807, 2.05) is 6.20 Å². The molecule has 0 spiro atoms. The molecule has 164 valence electrons. The lowest BCUT2D eigenvalue weighted by molar-refractivity contribution is 0.249. The highest BCUT2D eigenvalue weighted by Crippen LogP contribution is 2.31. The Labute approximate surface area is 186 Å². The van der Waals surface area contributed by atoms with E-state index in [0.717, 1.165) is 47.8 Å². The number of hydrogen-bond donors (Lipinski definition) is 2. The standard InChI is InChI=1S/C21H31N5O2S2/c27-20(22-8-11-26-9-4-5-10-26)25-21-24-14-19(30-21)29-15-18-23-13-17(28-18)12-16-6-2-1-3-7-16/h13-14,16H,1-12,15H2,(H2,22,24,25,27). The first-order valence-corrected chi connectivity index (χ1v) is 12.8. The monoisotopic (exact) mass is 449 g/mol. The quantitative estimate of drug-likeness (QED) is 0.537. The molecular weight excluding hydrogens is 418 g/mol. The molecule has 0 unspecified atom stereocenters. The molecule has 2 N–H and O–H groups in total. The van der Waals surface area contributed by atoms with E-state index in [1.54, 1.807) is 18.0 Å². The molecule has 0 aromatic carbocycles. The Kier molecular flexibility index (Phi) is 8.05. The van der Waals surface area contributed by atoms with E-state index in [4.69, 9.17) is 4.42 Å². The minimum Gasteiger partial charge on any atom is -0.445 e. The van der Waals surface area contributed by atoms with Crippen LogP contribution in [-0.2, 0) is 12.2 Å². The fraction of sp³-hybridized carbons (Fsp3) is 0.667. The van der Waals surface area contributed by atoms with Crippen molar-refractivity contribution in [3.8, 4) is 0 Å². The number of thioether (sulfide) groups is 1. The molecule has 1 aliphatic carbocycles. The maximum Gasteiger partial charge on any atom is 0.321 e. The van der Waals surface area contributed by atoms with Crippen LogP contribution >= 0.6 is 23.1 Å². The third-order valence-electron chi connectivity index (χ3n) is 5.77. The molecule has 0 radical (unpaired) electrons. The third-order valence-corrected chi connectivity index (χ3v) is 7.86. The van der Waals surface area contributed by atoms with E-state index in [2.05, 4.69) is 25.5 Å². The van der Waals surface area contributed by atoms with E-state index in [1.165, 1.54) is 56.3 Å². The fourth-order valence-corrected chi connectivity index (χ4v) is 5.90. The topological polar surface area (TPSA) is 83.3 Å². The number of likely N-dealkylation sites (tertiary alicyclic amines) is 1. The second kappa shape index (κ2) is 11.2. The first kappa shape index (κ1) is 21.6. The van der Waals surface area contributed by atoms with Crippen LogP contribution in [0, 0.1) is 5.92 Å². The van der Waals surface area contributed by atoms with Crippen LogP contribution in [0.2, 0.25) is 0 Å². The highest BCUT2D eigenvalue weighted by atomic mass is 32.2. The van der Waals surface area contributed by atoms with Crippen molar-refractivity contribution in [3.63, 3.8) is 0 Å².